The fraction of sp³-hybridized carbons (Fsp3) is 0.263. The first-order valence-corrected chi connectivity index (χ1v) is 9.28. The van der Waals surface area contributed by atoms with E-state index in [4.69, 9.17) is 0 Å². The van der Waals surface area contributed by atoms with Crippen LogP contribution in [-0.4, -0.2) is 25.6 Å². The number of aliphatic hydroxyl groups excluding tert-OH is 1. The standard InChI is InChI=1S/C19H18FN3OS/c20-16-9-5-4-8-15(16)17(24)12-25-19-21-18(13-10-11-13)23(22-19)14-6-2-1-3-7-14/h1-9,13,17,24H,10-12H2. The minimum Gasteiger partial charge on any atom is -0.387 e. The van der Waals surface area contributed by atoms with Crippen molar-refractivity contribution in [1.29, 1.82) is 0 Å². The van der Waals surface area contributed by atoms with E-state index < -0.39 is 11.9 Å². The molecule has 1 aliphatic rings. The van der Waals surface area contributed by atoms with Gasteiger partial charge in [0.05, 0.1) is 11.8 Å². The van der Waals surface area contributed by atoms with Crippen molar-refractivity contribution in [2.24, 2.45) is 0 Å². The van der Waals surface area contributed by atoms with Crippen LogP contribution in [0.1, 0.15) is 36.3 Å². The average molecular weight is 355 g/mol. The van der Waals surface area contributed by atoms with Crippen LogP contribution in [0.25, 0.3) is 5.69 Å². The van der Waals surface area contributed by atoms with Crippen LogP contribution in [0.15, 0.2) is 59.8 Å². The number of rotatable bonds is 6. The second-order valence-corrected chi connectivity index (χ2v) is 7.11. The molecule has 6 heteroatoms. The number of aromatic nitrogens is 3. The quantitative estimate of drug-likeness (QED) is 0.676. The number of benzene rings is 2. The van der Waals surface area contributed by atoms with Gasteiger partial charge < -0.3 is 5.11 Å². The summed E-state index contributed by atoms with van der Waals surface area (Å²) in [7, 11) is 0. The molecule has 1 atom stereocenters. The van der Waals surface area contributed by atoms with Gasteiger partial charge in [0.2, 0.25) is 5.16 Å². The van der Waals surface area contributed by atoms with Gasteiger partial charge in [0.1, 0.15) is 11.6 Å². The Hall–Kier alpha value is -2.18. The third kappa shape index (κ3) is 3.60. The number of thioether (sulfide) groups is 1. The van der Waals surface area contributed by atoms with Crippen molar-refractivity contribution in [3.63, 3.8) is 0 Å². The molecule has 4 rings (SSSR count). The molecule has 25 heavy (non-hydrogen) atoms. The molecule has 1 N–H and O–H groups in total. The van der Waals surface area contributed by atoms with Gasteiger partial charge in [-0.15, -0.1) is 5.10 Å². The summed E-state index contributed by atoms with van der Waals surface area (Å²) in [5.41, 5.74) is 1.29. The molecule has 0 radical (unpaired) electrons. The molecule has 1 heterocycles. The number of aliphatic hydroxyl groups is 1. The zero-order chi connectivity index (χ0) is 17.2. The van der Waals surface area contributed by atoms with Crippen molar-refractivity contribution in [3.8, 4) is 5.69 Å². The molecule has 1 fully saturated rings. The van der Waals surface area contributed by atoms with Gasteiger partial charge in [-0.25, -0.2) is 14.1 Å². The maximum atomic E-state index is 13.8. The van der Waals surface area contributed by atoms with Crippen LogP contribution >= 0.6 is 11.8 Å². The average Bonchev–Trinajstić information content (AvgIpc) is 3.40. The van der Waals surface area contributed by atoms with Crippen molar-refractivity contribution in [2.75, 3.05) is 5.75 Å². The van der Waals surface area contributed by atoms with E-state index in [1.165, 1.54) is 17.8 Å². The highest BCUT2D eigenvalue weighted by Gasteiger charge is 2.30. The number of nitrogens with zero attached hydrogens (tertiary/aromatic N) is 3. The summed E-state index contributed by atoms with van der Waals surface area (Å²) in [6.45, 7) is 0. The van der Waals surface area contributed by atoms with Gasteiger partial charge in [-0.05, 0) is 31.0 Å². The topological polar surface area (TPSA) is 50.9 Å². The molecule has 1 aromatic heterocycles. The number of para-hydroxylation sites is 1. The maximum Gasteiger partial charge on any atom is 0.209 e. The van der Waals surface area contributed by atoms with Gasteiger partial charge in [-0.2, -0.15) is 0 Å². The lowest BCUT2D eigenvalue weighted by molar-refractivity contribution is 0.199. The Kier molecular flexibility index (Phi) is 4.55. The molecular weight excluding hydrogens is 337 g/mol. The molecule has 0 spiro atoms. The van der Waals surface area contributed by atoms with E-state index in [0.717, 1.165) is 24.4 Å². The maximum absolute atomic E-state index is 13.8. The van der Waals surface area contributed by atoms with Gasteiger partial charge in [-0.3, -0.25) is 0 Å². The second-order valence-electron chi connectivity index (χ2n) is 6.12. The fourth-order valence-electron chi connectivity index (χ4n) is 2.72. The molecule has 128 valence electrons. The van der Waals surface area contributed by atoms with E-state index in [-0.39, 0.29) is 0 Å². The first kappa shape index (κ1) is 16.3. The first-order chi connectivity index (χ1) is 12.2. The summed E-state index contributed by atoms with van der Waals surface area (Å²) in [5, 5.41) is 15.5. The molecule has 1 aliphatic carbocycles. The molecular formula is C19H18FN3OS. The Bertz CT molecular complexity index is 864. The monoisotopic (exact) mass is 355 g/mol. The molecule has 1 saturated carbocycles. The first-order valence-electron chi connectivity index (χ1n) is 8.30. The molecule has 3 aromatic rings. The summed E-state index contributed by atoms with van der Waals surface area (Å²) in [6.07, 6.45) is 1.38. The van der Waals surface area contributed by atoms with Crippen LogP contribution < -0.4 is 0 Å². The SMILES string of the molecule is OC(CSc1nc(C2CC2)n(-c2ccccc2)n1)c1ccccc1F. The molecule has 0 aliphatic heterocycles. The minimum absolute atomic E-state index is 0.305. The lowest BCUT2D eigenvalue weighted by atomic mass is 10.1. The van der Waals surface area contributed by atoms with E-state index >= 15 is 0 Å². The van der Waals surface area contributed by atoms with Crippen LogP contribution in [0, 0.1) is 5.82 Å². The molecule has 1 unspecified atom stereocenters. The normalized spacial score (nSPS) is 15.3. The van der Waals surface area contributed by atoms with E-state index in [2.05, 4.69) is 10.1 Å². The van der Waals surface area contributed by atoms with E-state index in [1.807, 2.05) is 35.0 Å². The summed E-state index contributed by atoms with van der Waals surface area (Å²) >= 11 is 1.35. The summed E-state index contributed by atoms with van der Waals surface area (Å²) in [6, 6.07) is 16.2. The van der Waals surface area contributed by atoms with Crippen LogP contribution in [0.5, 0.6) is 0 Å². The van der Waals surface area contributed by atoms with Gasteiger partial charge in [0.25, 0.3) is 0 Å². The third-order valence-corrected chi connectivity index (χ3v) is 5.10. The summed E-state index contributed by atoms with van der Waals surface area (Å²) in [4.78, 5) is 4.65. The Balaban J connectivity index is 1.52. The smallest absolute Gasteiger partial charge is 0.209 e. The Morgan fingerprint density at radius 2 is 1.84 bits per heavy atom. The number of hydrogen-bond donors (Lipinski definition) is 1. The van der Waals surface area contributed by atoms with Crippen LogP contribution in [0.4, 0.5) is 4.39 Å². The van der Waals surface area contributed by atoms with Crippen LogP contribution in [-0.2, 0) is 0 Å². The van der Waals surface area contributed by atoms with Crippen molar-refractivity contribution in [2.45, 2.75) is 30.0 Å². The summed E-state index contributed by atoms with van der Waals surface area (Å²) < 4.78 is 15.6. The summed E-state index contributed by atoms with van der Waals surface area (Å²) in [5.74, 6) is 1.34. The lowest BCUT2D eigenvalue weighted by Crippen LogP contribution is -2.03. The molecule has 4 nitrogen and oxygen atoms in total. The van der Waals surface area contributed by atoms with Gasteiger partial charge in [0.15, 0.2) is 0 Å². The minimum atomic E-state index is -0.890. The van der Waals surface area contributed by atoms with Crippen molar-refractivity contribution >= 4 is 11.8 Å². The molecule has 0 bridgehead atoms. The van der Waals surface area contributed by atoms with Crippen molar-refractivity contribution < 1.29 is 9.50 Å². The highest BCUT2D eigenvalue weighted by Crippen LogP contribution is 2.40. The number of halogens is 1. The Labute approximate surface area is 149 Å². The molecule has 0 saturated heterocycles. The highest BCUT2D eigenvalue weighted by atomic mass is 32.2. The highest BCUT2D eigenvalue weighted by molar-refractivity contribution is 7.99. The van der Waals surface area contributed by atoms with Gasteiger partial charge >= 0.3 is 0 Å². The van der Waals surface area contributed by atoms with Crippen molar-refractivity contribution in [3.05, 3.63) is 71.8 Å². The predicted octanol–water partition coefficient (Wildman–Crippen LogP) is 4.11. The fourth-order valence-corrected chi connectivity index (χ4v) is 3.50. The second kappa shape index (κ2) is 6.98. The largest absolute Gasteiger partial charge is 0.387 e. The Morgan fingerprint density at radius 1 is 1.12 bits per heavy atom. The Morgan fingerprint density at radius 3 is 2.56 bits per heavy atom. The zero-order valence-electron chi connectivity index (χ0n) is 13.5. The van der Waals surface area contributed by atoms with Crippen LogP contribution in [0.2, 0.25) is 0 Å². The van der Waals surface area contributed by atoms with E-state index in [1.54, 1.807) is 18.2 Å². The van der Waals surface area contributed by atoms with Gasteiger partial charge in [-0.1, -0.05) is 48.2 Å². The van der Waals surface area contributed by atoms with Crippen molar-refractivity contribution in [1.82, 2.24) is 14.8 Å². The lowest BCUT2D eigenvalue weighted by Gasteiger charge is -2.09. The molecule has 2 aromatic carbocycles. The van der Waals surface area contributed by atoms with E-state index in [9.17, 15) is 9.50 Å². The van der Waals surface area contributed by atoms with Gasteiger partial charge in [0, 0.05) is 17.2 Å². The predicted molar refractivity (Wildman–Crippen MR) is 95.4 cm³/mol. The third-order valence-electron chi connectivity index (χ3n) is 4.19. The molecule has 0 amide bonds. The van der Waals surface area contributed by atoms with E-state index in [0.29, 0.717) is 22.4 Å². The van der Waals surface area contributed by atoms with Crippen LogP contribution in [0.3, 0.4) is 0 Å². The number of hydrogen-bond acceptors (Lipinski definition) is 4. The zero-order valence-corrected chi connectivity index (χ0v) is 14.4.